The van der Waals surface area contributed by atoms with Crippen molar-refractivity contribution in [2.45, 2.75) is 6.54 Å². The minimum Gasteiger partial charge on any atom is -0.361 e. The fourth-order valence-corrected chi connectivity index (χ4v) is 3.02. The van der Waals surface area contributed by atoms with Gasteiger partial charge in [0.2, 0.25) is 0 Å². The SMILES string of the molecule is O=C(NCCn1c(=O)c(=O)[nH]c2ccccc21)c1ccc2cc[nH]c2c1. The van der Waals surface area contributed by atoms with E-state index in [1.54, 1.807) is 36.4 Å². The summed E-state index contributed by atoms with van der Waals surface area (Å²) in [5.74, 6) is -0.233. The Hall–Kier alpha value is -3.61. The Morgan fingerprint density at radius 1 is 1.04 bits per heavy atom. The number of H-pyrrole nitrogens is 2. The van der Waals surface area contributed by atoms with E-state index in [9.17, 15) is 14.4 Å². The summed E-state index contributed by atoms with van der Waals surface area (Å²) < 4.78 is 1.38. The predicted molar refractivity (Wildman–Crippen MR) is 99.5 cm³/mol. The molecule has 0 atom stereocenters. The van der Waals surface area contributed by atoms with Gasteiger partial charge in [-0.2, -0.15) is 0 Å². The number of nitrogens with one attached hydrogen (secondary N) is 3. The van der Waals surface area contributed by atoms with Crippen molar-refractivity contribution in [3.05, 3.63) is 81.0 Å². The van der Waals surface area contributed by atoms with Crippen LogP contribution in [0.5, 0.6) is 0 Å². The summed E-state index contributed by atoms with van der Waals surface area (Å²) in [7, 11) is 0. The highest BCUT2D eigenvalue weighted by Gasteiger charge is 2.09. The Bertz CT molecular complexity index is 1230. The second kappa shape index (κ2) is 6.36. The van der Waals surface area contributed by atoms with Gasteiger partial charge in [-0.1, -0.05) is 18.2 Å². The molecule has 2 heterocycles. The van der Waals surface area contributed by atoms with Gasteiger partial charge in [0, 0.05) is 30.4 Å². The van der Waals surface area contributed by atoms with Gasteiger partial charge in [0.05, 0.1) is 11.0 Å². The molecule has 0 aliphatic carbocycles. The first-order valence-corrected chi connectivity index (χ1v) is 8.21. The number of aromatic nitrogens is 3. The normalized spacial score (nSPS) is 11.1. The summed E-state index contributed by atoms with van der Waals surface area (Å²) in [6.45, 7) is 0.439. The zero-order chi connectivity index (χ0) is 18.1. The molecule has 26 heavy (non-hydrogen) atoms. The van der Waals surface area contributed by atoms with E-state index in [4.69, 9.17) is 0 Å². The number of hydrogen-bond acceptors (Lipinski definition) is 3. The van der Waals surface area contributed by atoms with Crippen LogP contribution in [0.4, 0.5) is 0 Å². The van der Waals surface area contributed by atoms with Crippen LogP contribution >= 0.6 is 0 Å². The van der Waals surface area contributed by atoms with Gasteiger partial charge in [0.25, 0.3) is 5.91 Å². The van der Waals surface area contributed by atoms with E-state index in [-0.39, 0.29) is 19.0 Å². The molecule has 1 amide bonds. The molecule has 3 N–H and O–H groups in total. The third-order valence-electron chi connectivity index (χ3n) is 4.32. The maximum Gasteiger partial charge on any atom is 0.316 e. The van der Waals surface area contributed by atoms with Crippen LogP contribution in [0.25, 0.3) is 21.9 Å². The number of amides is 1. The average molecular weight is 348 g/mol. The molecule has 130 valence electrons. The number of carbonyl (C=O) groups is 1. The van der Waals surface area contributed by atoms with Crippen LogP contribution in [0.1, 0.15) is 10.4 Å². The molecule has 7 nitrogen and oxygen atoms in total. The number of carbonyl (C=O) groups excluding carboxylic acids is 1. The average Bonchev–Trinajstić information content (AvgIpc) is 3.12. The molecule has 0 fully saturated rings. The van der Waals surface area contributed by atoms with E-state index in [0.717, 1.165) is 10.9 Å². The van der Waals surface area contributed by atoms with Crippen LogP contribution in [-0.4, -0.2) is 27.0 Å². The first-order valence-electron chi connectivity index (χ1n) is 8.21. The Kier molecular flexibility index (Phi) is 3.89. The van der Waals surface area contributed by atoms with Crippen molar-refractivity contribution in [3.63, 3.8) is 0 Å². The second-order valence-electron chi connectivity index (χ2n) is 5.96. The fraction of sp³-hybridized carbons (Fsp3) is 0.105. The number of aromatic amines is 2. The molecule has 0 saturated carbocycles. The lowest BCUT2D eigenvalue weighted by Gasteiger charge is -2.10. The molecule has 0 radical (unpaired) electrons. The minimum atomic E-state index is -0.674. The lowest BCUT2D eigenvalue weighted by molar-refractivity contribution is 0.0952. The third-order valence-corrected chi connectivity index (χ3v) is 4.32. The van der Waals surface area contributed by atoms with Crippen molar-refractivity contribution < 1.29 is 4.79 Å². The zero-order valence-corrected chi connectivity index (χ0v) is 13.8. The second-order valence-corrected chi connectivity index (χ2v) is 5.96. The maximum atomic E-state index is 12.3. The topological polar surface area (TPSA) is 99.8 Å². The Labute approximate surface area is 147 Å². The number of fused-ring (bicyclic) bond motifs is 2. The summed E-state index contributed by atoms with van der Waals surface area (Å²) >= 11 is 0. The van der Waals surface area contributed by atoms with Crippen molar-refractivity contribution in [2.24, 2.45) is 0 Å². The number of para-hydroxylation sites is 2. The molecule has 2 aromatic heterocycles. The molecular formula is C19H16N4O3. The molecule has 0 aliphatic rings. The lowest BCUT2D eigenvalue weighted by atomic mass is 10.1. The van der Waals surface area contributed by atoms with Crippen LogP contribution in [-0.2, 0) is 6.54 Å². The maximum absolute atomic E-state index is 12.3. The lowest BCUT2D eigenvalue weighted by Crippen LogP contribution is -2.39. The molecular weight excluding hydrogens is 332 g/mol. The van der Waals surface area contributed by atoms with E-state index < -0.39 is 11.1 Å². The highest BCUT2D eigenvalue weighted by Crippen LogP contribution is 2.14. The first kappa shape index (κ1) is 15.9. The van der Waals surface area contributed by atoms with Crippen LogP contribution in [0.2, 0.25) is 0 Å². The van der Waals surface area contributed by atoms with Crippen molar-refractivity contribution in [1.82, 2.24) is 19.9 Å². The van der Waals surface area contributed by atoms with Crippen LogP contribution in [0.15, 0.2) is 64.3 Å². The molecule has 7 heteroatoms. The smallest absolute Gasteiger partial charge is 0.316 e. The van der Waals surface area contributed by atoms with Crippen LogP contribution in [0.3, 0.4) is 0 Å². The predicted octanol–water partition coefficient (Wildman–Crippen LogP) is 1.60. The standard InChI is InChI=1S/C19H16N4O3/c24-17(13-6-5-12-7-8-20-15(12)11-13)21-9-10-23-16-4-2-1-3-14(16)22-18(25)19(23)26/h1-8,11,20H,9-10H2,(H,21,24)(H,22,25). The molecule has 0 unspecified atom stereocenters. The summed E-state index contributed by atoms with van der Waals surface area (Å²) in [4.78, 5) is 41.9. The van der Waals surface area contributed by atoms with Gasteiger partial charge in [-0.25, -0.2) is 0 Å². The summed E-state index contributed by atoms with van der Waals surface area (Å²) in [6.07, 6.45) is 1.82. The van der Waals surface area contributed by atoms with E-state index in [2.05, 4.69) is 15.3 Å². The number of benzene rings is 2. The third kappa shape index (κ3) is 2.79. The summed E-state index contributed by atoms with van der Waals surface area (Å²) in [5, 5.41) is 3.82. The van der Waals surface area contributed by atoms with Crippen molar-refractivity contribution in [2.75, 3.05) is 6.54 Å². The number of hydrogen-bond donors (Lipinski definition) is 3. The Morgan fingerprint density at radius 2 is 1.88 bits per heavy atom. The van der Waals surface area contributed by atoms with Crippen molar-refractivity contribution in [3.8, 4) is 0 Å². The molecule has 0 bridgehead atoms. The van der Waals surface area contributed by atoms with E-state index in [1.165, 1.54) is 4.57 Å². The molecule has 4 aromatic rings. The quantitative estimate of drug-likeness (QED) is 0.488. The summed E-state index contributed by atoms with van der Waals surface area (Å²) in [6, 6.07) is 14.4. The van der Waals surface area contributed by atoms with Gasteiger partial charge in [0.15, 0.2) is 0 Å². The van der Waals surface area contributed by atoms with Crippen LogP contribution < -0.4 is 16.4 Å². The van der Waals surface area contributed by atoms with Gasteiger partial charge < -0.3 is 19.9 Å². The molecule has 2 aromatic carbocycles. The molecule has 4 rings (SSSR count). The Balaban J connectivity index is 1.53. The van der Waals surface area contributed by atoms with E-state index in [1.807, 2.05) is 18.3 Å². The van der Waals surface area contributed by atoms with Gasteiger partial charge in [0.1, 0.15) is 0 Å². The minimum absolute atomic E-state index is 0.208. The Morgan fingerprint density at radius 3 is 2.77 bits per heavy atom. The largest absolute Gasteiger partial charge is 0.361 e. The fourth-order valence-electron chi connectivity index (χ4n) is 3.02. The van der Waals surface area contributed by atoms with Crippen LogP contribution in [0, 0.1) is 0 Å². The molecule has 0 spiro atoms. The van der Waals surface area contributed by atoms with Gasteiger partial charge in [-0.05, 0) is 35.7 Å². The van der Waals surface area contributed by atoms with Gasteiger partial charge in [-0.15, -0.1) is 0 Å². The van der Waals surface area contributed by atoms with Crippen molar-refractivity contribution in [1.29, 1.82) is 0 Å². The van der Waals surface area contributed by atoms with E-state index >= 15 is 0 Å². The highest BCUT2D eigenvalue weighted by molar-refractivity contribution is 5.97. The number of rotatable bonds is 4. The molecule has 0 saturated heterocycles. The van der Waals surface area contributed by atoms with Gasteiger partial charge in [-0.3, -0.25) is 14.4 Å². The first-order chi connectivity index (χ1) is 12.6. The van der Waals surface area contributed by atoms with Gasteiger partial charge >= 0.3 is 11.1 Å². The van der Waals surface area contributed by atoms with E-state index in [0.29, 0.717) is 16.6 Å². The zero-order valence-electron chi connectivity index (χ0n) is 13.8. The summed E-state index contributed by atoms with van der Waals surface area (Å²) in [5.41, 5.74) is 1.32. The molecule has 0 aliphatic heterocycles. The number of nitrogens with zero attached hydrogens (tertiary/aromatic N) is 1. The highest BCUT2D eigenvalue weighted by atomic mass is 16.2. The monoisotopic (exact) mass is 348 g/mol. The van der Waals surface area contributed by atoms with Crippen molar-refractivity contribution >= 4 is 27.8 Å².